The molecular weight excluding hydrogens is 270 g/mol. The first kappa shape index (κ1) is 14.6. The Bertz CT molecular complexity index is 637. The fourth-order valence-corrected chi connectivity index (χ4v) is 1.92. The average molecular weight is 287 g/mol. The van der Waals surface area contributed by atoms with Crippen LogP contribution >= 0.6 is 0 Å². The predicted octanol–water partition coefficient (Wildman–Crippen LogP) is 0.796. The molecule has 7 heteroatoms. The van der Waals surface area contributed by atoms with Crippen molar-refractivity contribution >= 4 is 11.7 Å². The van der Waals surface area contributed by atoms with Crippen LogP contribution in [0, 0.1) is 0 Å². The smallest absolute Gasteiger partial charge is 0.251 e. The molecule has 1 unspecified atom stereocenters. The topological polar surface area (TPSA) is 106 Å². The zero-order chi connectivity index (χ0) is 15.2. The van der Waals surface area contributed by atoms with Crippen molar-refractivity contribution in [3.8, 4) is 0 Å². The third kappa shape index (κ3) is 3.82. The van der Waals surface area contributed by atoms with E-state index in [1.54, 1.807) is 35.1 Å². The molecule has 1 amide bonds. The van der Waals surface area contributed by atoms with Crippen molar-refractivity contribution in [1.82, 2.24) is 15.1 Å². The maximum Gasteiger partial charge on any atom is 0.251 e. The van der Waals surface area contributed by atoms with Crippen molar-refractivity contribution < 1.29 is 10.0 Å². The van der Waals surface area contributed by atoms with E-state index in [9.17, 15) is 4.79 Å². The molecule has 21 heavy (non-hydrogen) atoms. The summed E-state index contributed by atoms with van der Waals surface area (Å²) in [6.45, 7) is 2.48. The minimum Gasteiger partial charge on any atom is -0.409 e. The lowest BCUT2D eigenvalue weighted by Crippen LogP contribution is -2.35. The van der Waals surface area contributed by atoms with Crippen LogP contribution in [0.5, 0.6) is 0 Å². The largest absolute Gasteiger partial charge is 0.409 e. The Morgan fingerprint density at radius 2 is 2.24 bits per heavy atom. The molecule has 0 saturated carbocycles. The summed E-state index contributed by atoms with van der Waals surface area (Å²) < 4.78 is 1.75. The van der Waals surface area contributed by atoms with Gasteiger partial charge in [0.1, 0.15) is 0 Å². The van der Waals surface area contributed by atoms with Crippen LogP contribution in [0.15, 0.2) is 47.9 Å². The number of hydrogen-bond donors (Lipinski definition) is 3. The Morgan fingerprint density at radius 3 is 2.90 bits per heavy atom. The van der Waals surface area contributed by atoms with Gasteiger partial charge in [-0.05, 0) is 25.1 Å². The van der Waals surface area contributed by atoms with Crippen molar-refractivity contribution in [2.24, 2.45) is 10.9 Å². The van der Waals surface area contributed by atoms with Crippen LogP contribution in [0.1, 0.15) is 22.8 Å². The van der Waals surface area contributed by atoms with Gasteiger partial charge in [0.15, 0.2) is 5.84 Å². The van der Waals surface area contributed by atoms with E-state index in [4.69, 9.17) is 10.9 Å². The van der Waals surface area contributed by atoms with E-state index in [0.29, 0.717) is 17.7 Å². The second kappa shape index (κ2) is 6.56. The number of carbonyl (C=O) groups excluding carboxylic acids is 1. The first-order valence-corrected chi connectivity index (χ1v) is 6.46. The second-order valence-corrected chi connectivity index (χ2v) is 4.67. The number of carbonyl (C=O) groups is 1. The first-order valence-electron chi connectivity index (χ1n) is 6.46. The van der Waals surface area contributed by atoms with Crippen molar-refractivity contribution in [2.75, 3.05) is 0 Å². The van der Waals surface area contributed by atoms with Crippen LogP contribution in [0.2, 0.25) is 0 Å². The molecule has 0 bridgehead atoms. The number of benzene rings is 1. The Hall–Kier alpha value is -2.83. The molecule has 0 fully saturated rings. The molecule has 0 spiro atoms. The molecule has 0 aliphatic carbocycles. The van der Waals surface area contributed by atoms with E-state index >= 15 is 0 Å². The number of oxime groups is 1. The maximum atomic E-state index is 12.2. The Labute approximate surface area is 122 Å². The van der Waals surface area contributed by atoms with Crippen molar-refractivity contribution in [1.29, 1.82) is 0 Å². The van der Waals surface area contributed by atoms with Crippen LogP contribution in [0.4, 0.5) is 0 Å². The predicted molar refractivity (Wildman–Crippen MR) is 78.1 cm³/mol. The van der Waals surface area contributed by atoms with Crippen molar-refractivity contribution in [3.05, 3.63) is 53.9 Å². The number of amides is 1. The van der Waals surface area contributed by atoms with E-state index < -0.39 is 0 Å². The molecule has 4 N–H and O–H groups in total. The SMILES string of the molecule is CC(Cn1cccn1)NC(=O)c1cccc(C(N)=NO)c1. The molecule has 0 aliphatic heterocycles. The highest BCUT2D eigenvalue weighted by molar-refractivity contribution is 6.01. The quantitative estimate of drug-likeness (QED) is 0.327. The number of rotatable bonds is 5. The highest BCUT2D eigenvalue weighted by atomic mass is 16.4. The van der Waals surface area contributed by atoms with Crippen molar-refractivity contribution in [3.63, 3.8) is 0 Å². The zero-order valence-electron chi connectivity index (χ0n) is 11.6. The maximum absolute atomic E-state index is 12.2. The Balaban J connectivity index is 2.03. The van der Waals surface area contributed by atoms with Crippen LogP contribution in [0.25, 0.3) is 0 Å². The van der Waals surface area contributed by atoms with Gasteiger partial charge in [-0.3, -0.25) is 9.48 Å². The summed E-state index contributed by atoms with van der Waals surface area (Å²) in [6.07, 6.45) is 3.52. The summed E-state index contributed by atoms with van der Waals surface area (Å²) in [5.41, 5.74) is 6.45. The molecular formula is C14H17N5O2. The van der Waals surface area contributed by atoms with Gasteiger partial charge in [-0.25, -0.2) is 0 Å². The highest BCUT2D eigenvalue weighted by Crippen LogP contribution is 2.06. The van der Waals surface area contributed by atoms with Crippen LogP contribution in [-0.2, 0) is 6.54 Å². The van der Waals surface area contributed by atoms with E-state index in [1.807, 2.05) is 19.2 Å². The lowest BCUT2D eigenvalue weighted by atomic mass is 10.1. The molecule has 2 rings (SSSR count). The molecule has 1 aromatic heterocycles. The Morgan fingerprint density at radius 1 is 1.48 bits per heavy atom. The molecule has 1 heterocycles. The van der Waals surface area contributed by atoms with Crippen LogP contribution < -0.4 is 11.1 Å². The van der Waals surface area contributed by atoms with Gasteiger partial charge in [-0.1, -0.05) is 17.3 Å². The molecule has 2 aromatic rings. The lowest BCUT2D eigenvalue weighted by molar-refractivity contribution is 0.0936. The summed E-state index contributed by atoms with van der Waals surface area (Å²) in [5.74, 6) is -0.253. The van der Waals surface area contributed by atoms with Gasteiger partial charge in [0, 0.05) is 29.6 Å². The fourth-order valence-electron chi connectivity index (χ4n) is 1.92. The minimum atomic E-state index is -0.220. The van der Waals surface area contributed by atoms with Gasteiger partial charge >= 0.3 is 0 Å². The van der Waals surface area contributed by atoms with Gasteiger partial charge in [0.25, 0.3) is 5.91 Å². The van der Waals surface area contributed by atoms with E-state index in [1.165, 1.54) is 0 Å². The fraction of sp³-hybridized carbons (Fsp3) is 0.214. The number of nitrogens with one attached hydrogen (secondary N) is 1. The molecule has 0 saturated heterocycles. The van der Waals surface area contributed by atoms with Crippen molar-refractivity contribution in [2.45, 2.75) is 19.5 Å². The summed E-state index contributed by atoms with van der Waals surface area (Å²) in [6, 6.07) is 8.34. The second-order valence-electron chi connectivity index (χ2n) is 4.67. The lowest BCUT2D eigenvalue weighted by Gasteiger charge is -2.14. The number of nitrogens with zero attached hydrogens (tertiary/aromatic N) is 3. The molecule has 1 aromatic carbocycles. The molecule has 7 nitrogen and oxygen atoms in total. The minimum absolute atomic E-state index is 0.0331. The third-order valence-electron chi connectivity index (χ3n) is 2.93. The van der Waals surface area contributed by atoms with E-state index in [-0.39, 0.29) is 17.8 Å². The number of amidine groups is 1. The summed E-state index contributed by atoms with van der Waals surface area (Å²) in [4.78, 5) is 12.2. The Kier molecular flexibility index (Phi) is 4.55. The van der Waals surface area contributed by atoms with Gasteiger partial charge in [-0.15, -0.1) is 0 Å². The van der Waals surface area contributed by atoms with Gasteiger partial charge < -0.3 is 16.3 Å². The third-order valence-corrected chi connectivity index (χ3v) is 2.93. The van der Waals surface area contributed by atoms with Crippen LogP contribution in [0.3, 0.4) is 0 Å². The molecule has 110 valence electrons. The molecule has 0 aliphatic rings. The highest BCUT2D eigenvalue weighted by Gasteiger charge is 2.11. The number of nitrogens with two attached hydrogens (primary N) is 1. The standard InChI is InChI=1S/C14H17N5O2/c1-10(9-19-7-3-6-16-19)17-14(20)12-5-2-4-11(8-12)13(15)18-21/h2-8,10,21H,9H2,1H3,(H2,15,18)(H,17,20). The van der Waals surface area contributed by atoms with Gasteiger partial charge in [0.2, 0.25) is 0 Å². The monoisotopic (exact) mass is 287 g/mol. The van der Waals surface area contributed by atoms with E-state index in [0.717, 1.165) is 0 Å². The van der Waals surface area contributed by atoms with E-state index in [2.05, 4.69) is 15.6 Å². The number of hydrogen-bond acceptors (Lipinski definition) is 4. The normalized spacial score (nSPS) is 12.9. The summed E-state index contributed by atoms with van der Waals surface area (Å²) in [5, 5.41) is 18.5. The first-order chi connectivity index (χ1) is 10.1. The average Bonchev–Trinajstić information content (AvgIpc) is 2.99. The summed E-state index contributed by atoms with van der Waals surface area (Å²) in [7, 11) is 0. The zero-order valence-corrected chi connectivity index (χ0v) is 11.6. The number of aromatic nitrogens is 2. The molecule has 0 radical (unpaired) electrons. The molecule has 1 atom stereocenters. The van der Waals surface area contributed by atoms with Gasteiger partial charge in [-0.2, -0.15) is 5.10 Å². The summed E-state index contributed by atoms with van der Waals surface area (Å²) >= 11 is 0. The van der Waals surface area contributed by atoms with Gasteiger partial charge in [0.05, 0.1) is 6.54 Å². The van der Waals surface area contributed by atoms with Crippen LogP contribution in [-0.4, -0.2) is 32.8 Å².